The number of nitrogens with zero attached hydrogens (tertiary/aromatic N) is 1. The molecule has 1 heterocycles. The van der Waals surface area contributed by atoms with Crippen LogP contribution in [0.3, 0.4) is 0 Å². The Hall–Kier alpha value is -3.75. The Morgan fingerprint density at radius 3 is 1.91 bits per heavy atom. The van der Waals surface area contributed by atoms with Gasteiger partial charge in [0.2, 0.25) is 5.91 Å². The van der Waals surface area contributed by atoms with E-state index >= 15 is 0 Å². The van der Waals surface area contributed by atoms with Crippen LogP contribution in [0, 0.1) is 11.7 Å². The van der Waals surface area contributed by atoms with Gasteiger partial charge in [0, 0.05) is 30.3 Å². The van der Waals surface area contributed by atoms with Gasteiger partial charge in [-0.15, -0.1) is 0 Å². The Kier molecular flexibility index (Phi) is 7.19. The highest BCUT2D eigenvalue weighted by Gasteiger charge is 2.28. The molecular formula is C23H23FN2O6. The van der Waals surface area contributed by atoms with Crippen molar-refractivity contribution in [1.29, 1.82) is 0 Å². The fourth-order valence-electron chi connectivity index (χ4n) is 3.54. The zero-order valence-corrected chi connectivity index (χ0v) is 17.7. The number of halogens is 1. The molecule has 0 atom stereocenters. The van der Waals surface area contributed by atoms with Crippen LogP contribution in [0.25, 0.3) is 0 Å². The van der Waals surface area contributed by atoms with Gasteiger partial charge in [-0.05, 0) is 55.3 Å². The maximum Gasteiger partial charge on any atom is 0.337 e. The van der Waals surface area contributed by atoms with Crippen LogP contribution in [-0.4, -0.2) is 56.0 Å². The van der Waals surface area contributed by atoms with Gasteiger partial charge in [0.05, 0.1) is 25.3 Å². The van der Waals surface area contributed by atoms with E-state index in [2.05, 4.69) is 5.32 Å². The quantitative estimate of drug-likeness (QED) is 0.715. The van der Waals surface area contributed by atoms with Gasteiger partial charge < -0.3 is 19.7 Å². The summed E-state index contributed by atoms with van der Waals surface area (Å²) >= 11 is 0. The molecule has 2 aromatic carbocycles. The van der Waals surface area contributed by atoms with Crippen LogP contribution in [0.4, 0.5) is 10.1 Å². The van der Waals surface area contributed by atoms with Crippen molar-refractivity contribution >= 4 is 29.4 Å². The van der Waals surface area contributed by atoms with Crippen LogP contribution in [0.1, 0.15) is 43.9 Å². The minimum Gasteiger partial charge on any atom is -0.465 e. The van der Waals surface area contributed by atoms with E-state index in [9.17, 15) is 23.6 Å². The van der Waals surface area contributed by atoms with E-state index in [1.54, 1.807) is 4.90 Å². The summed E-state index contributed by atoms with van der Waals surface area (Å²) in [4.78, 5) is 50.8. The molecule has 0 unspecified atom stereocenters. The Morgan fingerprint density at radius 1 is 0.875 bits per heavy atom. The highest BCUT2D eigenvalue weighted by atomic mass is 19.1. The molecule has 1 N–H and O–H groups in total. The normalized spacial score (nSPS) is 13.9. The Morgan fingerprint density at radius 2 is 1.41 bits per heavy atom. The number of benzene rings is 2. The number of piperidine rings is 1. The van der Waals surface area contributed by atoms with E-state index in [0.717, 1.165) is 0 Å². The van der Waals surface area contributed by atoms with E-state index < -0.39 is 17.8 Å². The van der Waals surface area contributed by atoms with Gasteiger partial charge >= 0.3 is 11.9 Å². The predicted octanol–water partition coefficient (Wildman–Crippen LogP) is 2.89. The number of likely N-dealkylation sites (tertiary alicyclic amines) is 1. The smallest absolute Gasteiger partial charge is 0.337 e. The predicted molar refractivity (Wildman–Crippen MR) is 113 cm³/mol. The van der Waals surface area contributed by atoms with E-state index in [-0.39, 0.29) is 34.5 Å². The minimum absolute atomic E-state index is 0.102. The molecule has 0 bridgehead atoms. The molecule has 32 heavy (non-hydrogen) atoms. The summed E-state index contributed by atoms with van der Waals surface area (Å²) in [6.45, 7) is 0.758. The average Bonchev–Trinajstić information content (AvgIpc) is 2.82. The number of nitrogens with one attached hydrogen (secondary N) is 1. The first-order chi connectivity index (χ1) is 15.3. The van der Waals surface area contributed by atoms with Gasteiger partial charge in [-0.1, -0.05) is 0 Å². The summed E-state index contributed by atoms with van der Waals surface area (Å²) in [7, 11) is 2.43. The highest BCUT2D eigenvalue weighted by molar-refractivity contribution is 6.00. The molecule has 2 aromatic rings. The first kappa shape index (κ1) is 22.9. The summed E-state index contributed by atoms with van der Waals surface area (Å²) in [5, 5.41) is 2.73. The number of anilines is 1. The van der Waals surface area contributed by atoms with Crippen molar-refractivity contribution in [1.82, 2.24) is 4.90 Å². The summed E-state index contributed by atoms with van der Waals surface area (Å²) < 4.78 is 22.5. The van der Waals surface area contributed by atoms with Gasteiger partial charge in [-0.3, -0.25) is 9.59 Å². The summed E-state index contributed by atoms with van der Waals surface area (Å²) in [5.41, 5.74) is 0.864. The van der Waals surface area contributed by atoms with Crippen molar-refractivity contribution in [3.63, 3.8) is 0 Å². The van der Waals surface area contributed by atoms with Gasteiger partial charge in [0.15, 0.2) is 0 Å². The number of esters is 2. The Labute approximate surface area is 184 Å². The molecule has 1 aliphatic heterocycles. The number of ether oxygens (including phenoxy) is 2. The molecule has 168 valence electrons. The molecule has 1 saturated heterocycles. The minimum atomic E-state index is -0.654. The van der Waals surface area contributed by atoms with Gasteiger partial charge in [0.1, 0.15) is 5.82 Å². The first-order valence-electron chi connectivity index (χ1n) is 9.99. The molecule has 0 aliphatic carbocycles. The lowest BCUT2D eigenvalue weighted by molar-refractivity contribution is -0.121. The number of methoxy groups -OCH3 is 2. The number of carbonyl (C=O) groups is 4. The van der Waals surface area contributed by atoms with Crippen molar-refractivity contribution in [2.45, 2.75) is 12.8 Å². The van der Waals surface area contributed by atoms with Crippen LogP contribution in [0.15, 0.2) is 42.5 Å². The van der Waals surface area contributed by atoms with E-state index in [1.807, 2.05) is 0 Å². The number of rotatable bonds is 5. The standard InChI is InChI=1S/C23H23FN2O6/c1-31-22(29)16-11-17(23(30)32-2)13-19(12-16)25-20(27)14-7-9-26(10-8-14)21(28)15-3-5-18(24)6-4-15/h3-6,11-14H,7-10H2,1-2H3,(H,25,27). The van der Waals surface area contributed by atoms with Crippen LogP contribution in [0.2, 0.25) is 0 Å². The lowest BCUT2D eigenvalue weighted by Gasteiger charge is -2.31. The molecule has 0 spiro atoms. The Balaban J connectivity index is 1.65. The maximum atomic E-state index is 13.1. The van der Waals surface area contributed by atoms with E-state index in [1.165, 1.54) is 56.7 Å². The van der Waals surface area contributed by atoms with Crippen molar-refractivity contribution in [2.24, 2.45) is 5.92 Å². The third-order valence-corrected chi connectivity index (χ3v) is 5.29. The molecule has 0 aromatic heterocycles. The lowest BCUT2D eigenvalue weighted by atomic mass is 9.95. The lowest BCUT2D eigenvalue weighted by Crippen LogP contribution is -2.41. The molecule has 0 saturated carbocycles. The van der Waals surface area contributed by atoms with Gasteiger partial charge in [-0.25, -0.2) is 14.0 Å². The number of amides is 2. The third-order valence-electron chi connectivity index (χ3n) is 5.29. The van der Waals surface area contributed by atoms with Crippen LogP contribution in [-0.2, 0) is 14.3 Å². The first-order valence-corrected chi connectivity index (χ1v) is 9.99. The molecule has 3 rings (SSSR count). The second kappa shape index (κ2) is 10.0. The highest BCUT2D eigenvalue weighted by Crippen LogP contribution is 2.23. The zero-order chi connectivity index (χ0) is 23.3. The van der Waals surface area contributed by atoms with Crippen molar-refractivity contribution in [3.05, 3.63) is 65.0 Å². The topological polar surface area (TPSA) is 102 Å². The molecule has 9 heteroatoms. The maximum absolute atomic E-state index is 13.1. The molecule has 0 radical (unpaired) electrons. The molecule has 2 amide bonds. The largest absolute Gasteiger partial charge is 0.465 e. The van der Waals surface area contributed by atoms with Crippen LogP contribution < -0.4 is 5.32 Å². The van der Waals surface area contributed by atoms with Crippen molar-refractivity contribution in [2.75, 3.05) is 32.6 Å². The molecule has 8 nitrogen and oxygen atoms in total. The second-order valence-corrected chi connectivity index (χ2v) is 7.34. The fraction of sp³-hybridized carbons (Fsp3) is 0.304. The van der Waals surface area contributed by atoms with Crippen molar-refractivity contribution < 1.29 is 33.0 Å². The second-order valence-electron chi connectivity index (χ2n) is 7.34. The fourth-order valence-corrected chi connectivity index (χ4v) is 3.54. The summed E-state index contributed by atoms with van der Waals surface area (Å²) in [6.07, 6.45) is 0.888. The zero-order valence-electron chi connectivity index (χ0n) is 17.7. The number of carbonyl (C=O) groups excluding carboxylic acids is 4. The van der Waals surface area contributed by atoms with E-state index in [4.69, 9.17) is 9.47 Å². The monoisotopic (exact) mass is 442 g/mol. The van der Waals surface area contributed by atoms with E-state index in [0.29, 0.717) is 31.5 Å². The van der Waals surface area contributed by atoms with Crippen LogP contribution >= 0.6 is 0 Å². The van der Waals surface area contributed by atoms with Crippen LogP contribution in [0.5, 0.6) is 0 Å². The average molecular weight is 442 g/mol. The summed E-state index contributed by atoms with van der Waals surface area (Å²) in [5.74, 6) is -2.56. The van der Waals surface area contributed by atoms with Gasteiger partial charge in [-0.2, -0.15) is 0 Å². The molecular weight excluding hydrogens is 419 g/mol. The number of hydrogen-bond acceptors (Lipinski definition) is 6. The van der Waals surface area contributed by atoms with Crippen molar-refractivity contribution in [3.8, 4) is 0 Å². The van der Waals surface area contributed by atoms with Gasteiger partial charge in [0.25, 0.3) is 5.91 Å². The molecule has 1 fully saturated rings. The third kappa shape index (κ3) is 5.29. The Bertz CT molecular complexity index is 995. The SMILES string of the molecule is COC(=O)c1cc(NC(=O)C2CCN(C(=O)c3ccc(F)cc3)CC2)cc(C(=O)OC)c1. The number of hydrogen-bond donors (Lipinski definition) is 1. The molecule has 1 aliphatic rings. The summed E-state index contributed by atoms with van der Waals surface area (Å²) in [6, 6.07) is 9.50.